The Morgan fingerprint density at radius 1 is 1.06 bits per heavy atom. The van der Waals surface area contributed by atoms with Crippen molar-refractivity contribution < 1.29 is 19.1 Å². The predicted octanol–water partition coefficient (Wildman–Crippen LogP) is 4.54. The van der Waals surface area contributed by atoms with Gasteiger partial charge in [-0.3, -0.25) is 19.3 Å². The second-order valence-corrected chi connectivity index (χ2v) is 9.42. The number of carbonyl (C=O) groups is 3. The molecule has 174 valence electrons. The minimum absolute atomic E-state index is 0.155. The fourth-order valence-electron chi connectivity index (χ4n) is 4.40. The summed E-state index contributed by atoms with van der Waals surface area (Å²) in [7, 11) is 1.63. The van der Waals surface area contributed by atoms with E-state index in [9.17, 15) is 14.4 Å². The summed E-state index contributed by atoms with van der Waals surface area (Å²) in [5, 5.41) is -0.390. The number of aromatic nitrogens is 1. The summed E-state index contributed by atoms with van der Waals surface area (Å²) in [4.78, 5) is 41.4. The highest BCUT2D eigenvalue weighted by Crippen LogP contribution is 2.34. The molecule has 0 saturated carbocycles. The Morgan fingerprint density at radius 2 is 1.73 bits per heavy atom. The van der Waals surface area contributed by atoms with Gasteiger partial charge in [0, 0.05) is 30.2 Å². The van der Waals surface area contributed by atoms with Crippen LogP contribution in [0.25, 0.3) is 11.8 Å². The zero-order valence-electron chi connectivity index (χ0n) is 19.3. The van der Waals surface area contributed by atoms with Crippen LogP contribution in [0.2, 0.25) is 0 Å². The molecule has 0 radical (unpaired) electrons. The van der Waals surface area contributed by atoms with Crippen LogP contribution in [0.4, 0.5) is 4.79 Å². The van der Waals surface area contributed by atoms with Gasteiger partial charge in [0.25, 0.3) is 11.1 Å². The lowest BCUT2D eigenvalue weighted by Gasteiger charge is -2.22. The van der Waals surface area contributed by atoms with Crippen molar-refractivity contribution in [2.45, 2.75) is 39.5 Å². The van der Waals surface area contributed by atoms with Crippen molar-refractivity contribution in [3.63, 3.8) is 0 Å². The molecule has 7 nitrogen and oxygen atoms in total. The topological polar surface area (TPSA) is 71.8 Å². The molecule has 1 aromatic carbocycles. The Hall–Kier alpha value is -3.00. The van der Waals surface area contributed by atoms with Gasteiger partial charge in [-0.2, -0.15) is 0 Å². The molecule has 2 aliphatic rings. The summed E-state index contributed by atoms with van der Waals surface area (Å²) in [5.74, 6) is 0.227. The molecule has 3 heterocycles. The third-order valence-corrected chi connectivity index (χ3v) is 7.12. The van der Waals surface area contributed by atoms with Crippen LogP contribution in [0.15, 0.2) is 35.2 Å². The number of rotatable bonds is 5. The van der Waals surface area contributed by atoms with Gasteiger partial charge in [0.05, 0.1) is 12.0 Å². The van der Waals surface area contributed by atoms with Crippen molar-refractivity contribution in [1.29, 1.82) is 0 Å². The van der Waals surface area contributed by atoms with Crippen LogP contribution in [0.1, 0.15) is 42.6 Å². The summed E-state index contributed by atoms with van der Waals surface area (Å²) in [6.45, 7) is 5.19. The number of hydrogen-bond acceptors (Lipinski definition) is 5. The quantitative estimate of drug-likeness (QED) is 0.604. The maximum atomic E-state index is 13.0. The fraction of sp³-hybridized carbons (Fsp3) is 0.400. The number of hydrogen-bond donors (Lipinski definition) is 0. The number of ether oxygens (including phenoxy) is 1. The summed E-state index contributed by atoms with van der Waals surface area (Å²) in [6.07, 6.45) is 5.92. The summed E-state index contributed by atoms with van der Waals surface area (Å²) < 4.78 is 7.34. The van der Waals surface area contributed by atoms with Gasteiger partial charge in [-0.1, -0.05) is 12.8 Å². The molecule has 0 aliphatic carbocycles. The standard InChI is InChI=1S/C25H29N3O4S/c1-17-14-19(18(2)28(17)20-8-10-21(32-3)11-9-20)15-22-24(30)27(25(31)33-22)16-23(29)26-12-6-4-5-7-13-26/h8-11,14-15H,4-7,12-13,16H2,1-3H3. The van der Waals surface area contributed by atoms with E-state index >= 15 is 0 Å². The van der Waals surface area contributed by atoms with E-state index in [1.807, 2.05) is 44.2 Å². The molecule has 33 heavy (non-hydrogen) atoms. The number of nitrogens with zero attached hydrogens (tertiary/aromatic N) is 3. The van der Waals surface area contributed by atoms with E-state index in [0.717, 1.165) is 70.7 Å². The highest BCUT2D eigenvalue weighted by atomic mass is 32.2. The van der Waals surface area contributed by atoms with Crippen LogP contribution in [0, 0.1) is 13.8 Å². The molecule has 0 bridgehead atoms. The molecular weight excluding hydrogens is 438 g/mol. The summed E-state index contributed by atoms with van der Waals surface area (Å²) in [5.41, 5.74) is 3.83. The van der Waals surface area contributed by atoms with Gasteiger partial charge in [0.2, 0.25) is 5.91 Å². The minimum Gasteiger partial charge on any atom is -0.497 e. The number of aryl methyl sites for hydroxylation is 1. The van der Waals surface area contributed by atoms with E-state index in [4.69, 9.17) is 4.74 Å². The molecule has 3 amide bonds. The Kier molecular flexibility index (Phi) is 6.93. The van der Waals surface area contributed by atoms with Crippen LogP contribution < -0.4 is 4.74 Å². The van der Waals surface area contributed by atoms with Crippen LogP contribution in [0.5, 0.6) is 5.75 Å². The number of benzene rings is 1. The number of methoxy groups -OCH3 is 1. The predicted molar refractivity (Wildman–Crippen MR) is 130 cm³/mol. The van der Waals surface area contributed by atoms with E-state index < -0.39 is 11.1 Å². The largest absolute Gasteiger partial charge is 0.497 e. The Bertz CT molecular complexity index is 1100. The average molecular weight is 468 g/mol. The van der Waals surface area contributed by atoms with E-state index in [0.29, 0.717) is 18.0 Å². The number of thioether (sulfide) groups is 1. The van der Waals surface area contributed by atoms with Crippen molar-refractivity contribution in [2.24, 2.45) is 0 Å². The Labute approximate surface area is 198 Å². The first kappa shape index (κ1) is 23.2. The third-order valence-electron chi connectivity index (χ3n) is 6.21. The van der Waals surface area contributed by atoms with Gasteiger partial charge in [-0.25, -0.2) is 0 Å². The maximum absolute atomic E-state index is 13.0. The van der Waals surface area contributed by atoms with Gasteiger partial charge >= 0.3 is 0 Å². The van der Waals surface area contributed by atoms with Crippen LogP contribution in [-0.2, 0) is 9.59 Å². The molecule has 2 aliphatic heterocycles. The first-order valence-corrected chi connectivity index (χ1v) is 12.1. The summed E-state index contributed by atoms with van der Waals surface area (Å²) in [6, 6.07) is 9.76. The SMILES string of the molecule is COc1ccc(-n2c(C)cc(C=C3SC(=O)N(CC(=O)N4CCCCCC4)C3=O)c2C)cc1. The number of likely N-dealkylation sites (tertiary alicyclic amines) is 1. The van der Waals surface area contributed by atoms with Gasteiger partial charge in [-0.15, -0.1) is 0 Å². The third kappa shape index (κ3) is 4.85. The molecule has 1 aromatic heterocycles. The zero-order valence-corrected chi connectivity index (χ0v) is 20.1. The monoisotopic (exact) mass is 467 g/mol. The lowest BCUT2D eigenvalue weighted by atomic mass is 10.2. The second-order valence-electron chi connectivity index (χ2n) is 8.42. The zero-order chi connectivity index (χ0) is 23.5. The number of amides is 3. The van der Waals surface area contributed by atoms with Gasteiger partial charge in [-0.05, 0) is 80.4 Å². The van der Waals surface area contributed by atoms with Crippen molar-refractivity contribution >= 4 is 34.9 Å². The Balaban J connectivity index is 1.53. The van der Waals surface area contributed by atoms with Crippen LogP contribution in [-0.4, -0.2) is 58.2 Å². The van der Waals surface area contributed by atoms with E-state index in [1.165, 1.54) is 0 Å². The van der Waals surface area contributed by atoms with Crippen molar-refractivity contribution in [2.75, 3.05) is 26.7 Å². The highest BCUT2D eigenvalue weighted by Gasteiger charge is 2.37. The fourth-order valence-corrected chi connectivity index (χ4v) is 5.22. The van der Waals surface area contributed by atoms with Crippen LogP contribution >= 0.6 is 11.8 Å². The normalized spacial score (nSPS) is 18.2. The smallest absolute Gasteiger partial charge is 0.294 e. The maximum Gasteiger partial charge on any atom is 0.294 e. The van der Waals surface area contributed by atoms with E-state index in [1.54, 1.807) is 18.1 Å². The van der Waals surface area contributed by atoms with Gasteiger partial charge < -0.3 is 14.2 Å². The molecule has 8 heteroatoms. The Morgan fingerprint density at radius 3 is 2.36 bits per heavy atom. The average Bonchev–Trinajstić information content (AvgIpc) is 3.09. The first-order chi connectivity index (χ1) is 15.9. The molecular formula is C25H29N3O4S. The number of carbonyl (C=O) groups excluding carboxylic acids is 3. The van der Waals surface area contributed by atoms with Gasteiger partial charge in [0.15, 0.2) is 0 Å². The molecule has 0 unspecified atom stereocenters. The number of imide groups is 1. The highest BCUT2D eigenvalue weighted by molar-refractivity contribution is 8.18. The van der Waals surface area contributed by atoms with Crippen molar-refractivity contribution in [3.8, 4) is 11.4 Å². The van der Waals surface area contributed by atoms with E-state index in [-0.39, 0.29) is 12.5 Å². The molecule has 0 spiro atoms. The molecule has 4 rings (SSSR count). The van der Waals surface area contributed by atoms with Gasteiger partial charge in [0.1, 0.15) is 12.3 Å². The summed E-state index contributed by atoms with van der Waals surface area (Å²) >= 11 is 0.896. The van der Waals surface area contributed by atoms with Crippen molar-refractivity contribution in [1.82, 2.24) is 14.4 Å². The molecule has 2 saturated heterocycles. The van der Waals surface area contributed by atoms with Crippen molar-refractivity contribution in [3.05, 3.63) is 52.2 Å². The lowest BCUT2D eigenvalue weighted by molar-refractivity contribution is -0.135. The lowest BCUT2D eigenvalue weighted by Crippen LogP contribution is -2.42. The van der Waals surface area contributed by atoms with Crippen LogP contribution in [0.3, 0.4) is 0 Å². The second kappa shape index (κ2) is 9.87. The van der Waals surface area contributed by atoms with E-state index in [2.05, 4.69) is 4.57 Å². The molecule has 2 aromatic rings. The minimum atomic E-state index is -0.401. The molecule has 0 N–H and O–H groups in total. The molecule has 0 atom stereocenters. The first-order valence-electron chi connectivity index (χ1n) is 11.3. The molecule has 2 fully saturated rings.